The zero-order chi connectivity index (χ0) is 17.0. The number of carbonyl (C=O) groups is 2. The number of amides is 1. The summed E-state index contributed by atoms with van der Waals surface area (Å²) in [6.07, 6.45) is 5.16. The molecule has 0 spiro atoms. The van der Waals surface area contributed by atoms with Crippen LogP contribution in [0.15, 0.2) is 0 Å². The number of ether oxygens (including phenoxy) is 1. The van der Waals surface area contributed by atoms with Crippen LogP contribution < -0.4 is 0 Å². The van der Waals surface area contributed by atoms with Crippen LogP contribution >= 0.6 is 0 Å². The first-order valence-electron chi connectivity index (χ1n) is 8.86. The second-order valence-corrected chi connectivity index (χ2v) is 8.20. The lowest BCUT2D eigenvalue weighted by atomic mass is 9.69. The Balaban J connectivity index is 1.85. The predicted molar refractivity (Wildman–Crippen MR) is 88.1 cm³/mol. The van der Waals surface area contributed by atoms with Gasteiger partial charge in [0.15, 0.2) is 0 Å². The van der Waals surface area contributed by atoms with Crippen LogP contribution in [0.4, 0.5) is 0 Å². The van der Waals surface area contributed by atoms with Gasteiger partial charge in [-0.15, -0.1) is 0 Å². The smallest absolute Gasteiger partial charge is 0.305 e. The van der Waals surface area contributed by atoms with E-state index < -0.39 is 5.97 Å². The first-order chi connectivity index (χ1) is 10.8. The number of aliphatic carboxylic acids is 1. The van der Waals surface area contributed by atoms with Crippen molar-refractivity contribution in [3.05, 3.63) is 0 Å². The van der Waals surface area contributed by atoms with Crippen molar-refractivity contribution in [3.8, 4) is 0 Å². The quantitative estimate of drug-likeness (QED) is 0.863. The zero-order valence-electron chi connectivity index (χ0n) is 14.7. The Morgan fingerprint density at radius 2 is 1.78 bits per heavy atom. The van der Waals surface area contributed by atoms with E-state index in [-0.39, 0.29) is 18.4 Å². The number of nitrogens with zero attached hydrogens (tertiary/aromatic N) is 1. The molecule has 132 valence electrons. The summed E-state index contributed by atoms with van der Waals surface area (Å²) >= 11 is 0. The lowest BCUT2D eigenvalue weighted by Crippen LogP contribution is -2.50. The van der Waals surface area contributed by atoms with Crippen molar-refractivity contribution < 1.29 is 19.4 Å². The van der Waals surface area contributed by atoms with Crippen molar-refractivity contribution in [2.75, 3.05) is 19.8 Å². The molecule has 2 rings (SSSR count). The number of morpholine rings is 1. The standard InChI is InChI=1S/C18H31NO4/c1-18(2,3)14-6-4-13(5-7-14)10-16(20)19-8-9-23-12-15(19)11-17(21)22/h13-15H,4-12H2,1-3H3,(H,21,22). The maximum Gasteiger partial charge on any atom is 0.305 e. The molecule has 1 aliphatic heterocycles. The molecule has 1 aliphatic carbocycles. The first-order valence-corrected chi connectivity index (χ1v) is 8.86. The Labute approximate surface area is 139 Å². The summed E-state index contributed by atoms with van der Waals surface area (Å²) < 4.78 is 5.35. The maximum atomic E-state index is 12.6. The fourth-order valence-electron chi connectivity index (χ4n) is 3.95. The third-order valence-electron chi connectivity index (χ3n) is 5.49. The summed E-state index contributed by atoms with van der Waals surface area (Å²) in [6.45, 7) is 8.27. The predicted octanol–water partition coefficient (Wildman–Crippen LogP) is 2.93. The van der Waals surface area contributed by atoms with Gasteiger partial charge in [-0.25, -0.2) is 0 Å². The van der Waals surface area contributed by atoms with E-state index >= 15 is 0 Å². The van der Waals surface area contributed by atoms with E-state index in [2.05, 4.69) is 20.8 Å². The van der Waals surface area contributed by atoms with Gasteiger partial charge in [-0.2, -0.15) is 0 Å². The molecule has 0 bridgehead atoms. The molecule has 1 heterocycles. The fourth-order valence-corrected chi connectivity index (χ4v) is 3.95. The Morgan fingerprint density at radius 3 is 2.35 bits per heavy atom. The van der Waals surface area contributed by atoms with Crippen molar-refractivity contribution in [3.63, 3.8) is 0 Å². The van der Waals surface area contributed by atoms with Gasteiger partial charge in [0.25, 0.3) is 0 Å². The molecule has 0 aromatic rings. The minimum absolute atomic E-state index is 0.0253. The largest absolute Gasteiger partial charge is 0.481 e. The van der Waals surface area contributed by atoms with Crippen molar-refractivity contribution >= 4 is 11.9 Å². The van der Waals surface area contributed by atoms with Gasteiger partial charge in [0, 0.05) is 13.0 Å². The van der Waals surface area contributed by atoms with E-state index in [0.717, 1.165) is 18.8 Å². The molecular weight excluding hydrogens is 294 g/mol. The van der Waals surface area contributed by atoms with E-state index in [1.165, 1.54) is 12.8 Å². The van der Waals surface area contributed by atoms with Crippen molar-refractivity contribution in [1.82, 2.24) is 4.90 Å². The lowest BCUT2D eigenvalue weighted by molar-refractivity contribution is -0.147. The van der Waals surface area contributed by atoms with Gasteiger partial charge < -0.3 is 14.7 Å². The molecule has 5 heteroatoms. The van der Waals surface area contributed by atoms with E-state index in [1.807, 2.05) is 0 Å². The maximum absolute atomic E-state index is 12.6. The van der Waals surface area contributed by atoms with E-state index in [1.54, 1.807) is 4.90 Å². The number of carbonyl (C=O) groups excluding carboxylic acids is 1. The van der Waals surface area contributed by atoms with Crippen LogP contribution in [-0.2, 0) is 14.3 Å². The Kier molecular flexibility index (Phi) is 6.06. The monoisotopic (exact) mass is 325 g/mol. The molecule has 5 nitrogen and oxygen atoms in total. The van der Waals surface area contributed by atoms with Gasteiger partial charge in [0.1, 0.15) is 0 Å². The SMILES string of the molecule is CC(C)(C)C1CCC(CC(=O)N2CCOCC2CC(=O)O)CC1. The average molecular weight is 325 g/mol. The molecule has 23 heavy (non-hydrogen) atoms. The van der Waals surface area contributed by atoms with Crippen molar-refractivity contribution in [2.45, 2.75) is 65.3 Å². The van der Waals surface area contributed by atoms with Gasteiger partial charge >= 0.3 is 5.97 Å². The van der Waals surface area contributed by atoms with Crippen LogP contribution in [0.2, 0.25) is 0 Å². The molecule has 2 aliphatic rings. The van der Waals surface area contributed by atoms with Crippen LogP contribution in [0, 0.1) is 17.3 Å². The summed E-state index contributed by atoms with van der Waals surface area (Å²) in [6, 6.07) is -0.306. The summed E-state index contributed by atoms with van der Waals surface area (Å²) in [5, 5.41) is 9.00. The summed E-state index contributed by atoms with van der Waals surface area (Å²) in [5.74, 6) is 0.439. The topological polar surface area (TPSA) is 66.8 Å². The number of hydrogen-bond acceptors (Lipinski definition) is 3. The molecule has 0 radical (unpaired) electrons. The minimum Gasteiger partial charge on any atom is -0.481 e. The van der Waals surface area contributed by atoms with E-state index in [4.69, 9.17) is 9.84 Å². The molecule has 2 fully saturated rings. The zero-order valence-corrected chi connectivity index (χ0v) is 14.7. The molecular formula is C18H31NO4. The van der Waals surface area contributed by atoms with Crippen LogP contribution in [0.1, 0.15) is 59.3 Å². The van der Waals surface area contributed by atoms with E-state index in [9.17, 15) is 9.59 Å². The molecule has 1 atom stereocenters. The highest BCUT2D eigenvalue weighted by Gasteiger charge is 2.33. The van der Waals surface area contributed by atoms with Gasteiger partial charge in [-0.1, -0.05) is 20.8 Å². The highest BCUT2D eigenvalue weighted by molar-refractivity contribution is 5.78. The number of carboxylic acids is 1. The second kappa shape index (κ2) is 7.65. The Hall–Kier alpha value is -1.10. The summed E-state index contributed by atoms with van der Waals surface area (Å²) in [7, 11) is 0. The van der Waals surface area contributed by atoms with Gasteiger partial charge in [0.05, 0.1) is 25.7 Å². The van der Waals surface area contributed by atoms with Crippen LogP contribution in [0.25, 0.3) is 0 Å². The minimum atomic E-state index is -0.871. The normalized spacial score (nSPS) is 29.3. The highest BCUT2D eigenvalue weighted by atomic mass is 16.5. The van der Waals surface area contributed by atoms with Crippen LogP contribution in [-0.4, -0.2) is 47.7 Å². The summed E-state index contributed by atoms with van der Waals surface area (Å²) in [5.41, 5.74) is 0.353. The van der Waals surface area contributed by atoms with Gasteiger partial charge in [0.2, 0.25) is 5.91 Å². The molecule has 0 aromatic carbocycles. The van der Waals surface area contributed by atoms with Crippen LogP contribution in [0.3, 0.4) is 0 Å². The van der Waals surface area contributed by atoms with Gasteiger partial charge in [-0.05, 0) is 42.9 Å². The molecule has 1 saturated carbocycles. The molecule has 1 unspecified atom stereocenters. The highest BCUT2D eigenvalue weighted by Crippen LogP contribution is 2.40. The summed E-state index contributed by atoms with van der Waals surface area (Å²) in [4.78, 5) is 25.3. The van der Waals surface area contributed by atoms with Gasteiger partial charge in [-0.3, -0.25) is 9.59 Å². The average Bonchev–Trinajstić information content (AvgIpc) is 2.46. The van der Waals surface area contributed by atoms with Crippen LogP contribution in [0.5, 0.6) is 0 Å². The third kappa shape index (κ3) is 5.20. The number of rotatable bonds is 4. The fraction of sp³-hybridized carbons (Fsp3) is 0.889. The molecule has 1 amide bonds. The second-order valence-electron chi connectivity index (χ2n) is 8.20. The Bertz CT molecular complexity index is 421. The molecule has 0 aromatic heterocycles. The van der Waals surface area contributed by atoms with Crippen molar-refractivity contribution in [1.29, 1.82) is 0 Å². The van der Waals surface area contributed by atoms with E-state index in [0.29, 0.717) is 37.5 Å². The lowest BCUT2D eigenvalue weighted by Gasteiger charge is -2.39. The molecule has 1 N–H and O–H groups in total. The number of hydrogen-bond donors (Lipinski definition) is 1. The molecule has 1 saturated heterocycles. The number of carboxylic acid groups (broad SMARTS) is 1. The first kappa shape index (κ1) is 18.2. The third-order valence-corrected chi connectivity index (χ3v) is 5.49. The Morgan fingerprint density at radius 1 is 1.13 bits per heavy atom. The van der Waals surface area contributed by atoms with Crippen molar-refractivity contribution in [2.24, 2.45) is 17.3 Å².